The third-order valence-corrected chi connectivity index (χ3v) is 4.03. The van der Waals surface area contributed by atoms with Gasteiger partial charge in [0, 0.05) is 8.95 Å². The minimum atomic E-state index is 0.499. The van der Waals surface area contributed by atoms with E-state index < -0.39 is 0 Å². The van der Waals surface area contributed by atoms with Crippen LogP contribution in [0.4, 0.5) is 5.95 Å². The highest BCUT2D eigenvalue weighted by Crippen LogP contribution is 2.28. The summed E-state index contributed by atoms with van der Waals surface area (Å²) in [5.41, 5.74) is 10.1. The van der Waals surface area contributed by atoms with Crippen LogP contribution in [0.5, 0.6) is 0 Å². The zero-order valence-corrected chi connectivity index (χ0v) is 13.4. The smallest absolute Gasteiger partial charge is 0.205 e. The summed E-state index contributed by atoms with van der Waals surface area (Å²) < 4.78 is 4.04. The molecule has 0 radical (unpaired) electrons. The van der Waals surface area contributed by atoms with E-state index in [0.717, 1.165) is 31.2 Å². The van der Waals surface area contributed by atoms with Crippen LogP contribution in [-0.4, -0.2) is 9.55 Å². The van der Waals surface area contributed by atoms with E-state index in [2.05, 4.69) is 49.8 Å². The first-order valence-corrected chi connectivity index (χ1v) is 7.35. The van der Waals surface area contributed by atoms with Gasteiger partial charge in [-0.1, -0.05) is 31.9 Å². The van der Waals surface area contributed by atoms with E-state index in [-0.39, 0.29) is 0 Å². The number of anilines is 1. The molecule has 1 heterocycles. The van der Waals surface area contributed by atoms with Gasteiger partial charge in [-0.3, -0.25) is 4.57 Å². The molecule has 0 fully saturated rings. The second-order valence-electron chi connectivity index (χ2n) is 4.37. The summed E-state index contributed by atoms with van der Waals surface area (Å²) in [5, 5.41) is 0. The summed E-state index contributed by atoms with van der Waals surface area (Å²) in [6.07, 6.45) is 0. The van der Waals surface area contributed by atoms with Gasteiger partial charge in [-0.25, -0.2) is 4.98 Å². The van der Waals surface area contributed by atoms with E-state index in [1.54, 1.807) is 0 Å². The molecule has 3 nitrogen and oxygen atoms in total. The standard InChI is InChI=1S/C14H11Br2N3/c1-8-6-9(15)3-5-12(8)19-13-7-10(16)2-4-11(13)18-14(19)17/h2-7H,1H3,(H2,17,18). The van der Waals surface area contributed by atoms with E-state index in [0.29, 0.717) is 5.95 Å². The number of imidazole rings is 1. The molecule has 0 aliphatic carbocycles. The van der Waals surface area contributed by atoms with Gasteiger partial charge in [-0.05, 0) is 48.9 Å². The molecular formula is C14H11Br2N3. The largest absolute Gasteiger partial charge is 0.369 e. The molecule has 0 aliphatic heterocycles. The van der Waals surface area contributed by atoms with Crippen molar-refractivity contribution in [3.05, 3.63) is 50.9 Å². The van der Waals surface area contributed by atoms with Crippen molar-refractivity contribution in [2.24, 2.45) is 0 Å². The lowest BCUT2D eigenvalue weighted by atomic mass is 10.2. The van der Waals surface area contributed by atoms with E-state index in [9.17, 15) is 0 Å². The van der Waals surface area contributed by atoms with Crippen LogP contribution < -0.4 is 5.73 Å². The molecule has 0 amide bonds. The van der Waals surface area contributed by atoms with Crippen molar-refractivity contribution in [2.45, 2.75) is 6.92 Å². The summed E-state index contributed by atoms with van der Waals surface area (Å²) >= 11 is 6.96. The number of nitrogens with zero attached hydrogens (tertiary/aromatic N) is 2. The van der Waals surface area contributed by atoms with Crippen LogP contribution in [0.2, 0.25) is 0 Å². The molecule has 3 rings (SSSR count). The van der Waals surface area contributed by atoms with Crippen molar-refractivity contribution in [3.63, 3.8) is 0 Å². The average molecular weight is 381 g/mol. The first-order chi connectivity index (χ1) is 9.06. The molecule has 0 aliphatic rings. The second-order valence-corrected chi connectivity index (χ2v) is 6.20. The zero-order valence-electron chi connectivity index (χ0n) is 10.2. The Balaban J connectivity index is 2.35. The summed E-state index contributed by atoms with van der Waals surface area (Å²) in [6.45, 7) is 2.06. The van der Waals surface area contributed by atoms with Crippen LogP contribution in [0.1, 0.15) is 5.56 Å². The first-order valence-electron chi connectivity index (χ1n) is 5.76. The monoisotopic (exact) mass is 379 g/mol. The molecular weight excluding hydrogens is 370 g/mol. The van der Waals surface area contributed by atoms with Gasteiger partial charge < -0.3 is 5.73 Å². The molecule has 5 heteroatoms. The quantitative estimate of drug-likeness (QED) is 0.678. The second kappa shape index (κ2) is 4.65. The fourth-order valence-electron chi connectivity index (χ4n) is 2.19. The third-order valence-electron chi connectivity index (χ3n) is 3.04. The lowest BCUT2D eigenvalue weighted by Gasteiger charge is -2.10. The molecule has 0 bridgehead atoms. The SMILES string of the molecule is Cc1cc(Br)ccc1-n1c(N)nc2ccc(Br)cc21. The van der Waals surface area contributed by atoms with Crippen molar-refractivity contribution in [2.75, 3.05) is 5.73 Å². The predicted octanol–water partition coefficient (Wildman–Crippen LogP) is 4.44. The van der Waals surface area contributed by atoms with Crippen LogP contribution in [0.3, 0.4) is 0 Å². The lowest BCUT2D eigenvalue weighted by Crippen LogP contribution is -2.02. The minimum Gasteiger partial charge on any atom is -0.369 e. The highest BCUT2D eigenvalue weighted by atomic mass is 79.9. The van der Waals surface area contributed by atoms with Gasteiger partial charge in [0.05, 0.1) is 16.7 Å². The normalized spacial score (nSPS) is 11.1. The molecule has 0 spiro atoms. The summed E-state index contributed by atoms with van der Waals surface area (Å²) in [5.74, 6) is 0.499. The van der Waals surface area contributed by atoms with Crippen LogP contribution in [0, 0.1) is 6.92 Å². The minimum absolute atomic E-state index is 0.499. The van der Waals surface area contributed by atoms with Crippen molar-refractivity contribution < 1.29 is 0 Å². The van der Waals surface area contributed by atoms with Gasteiger partial charge in [0.2, 0.25) is 5.95 Å². The Morgan fingerprint density at radius 1 is 1.05 bits per heavy atom. The Labute approximate surface area is 127 Å². The lowest BCUT2D eigenvalue weighted by molar-refractivity contribution is 1.09. The van der Waals surface area contributed by atoms with Gasteiger partial charge in [0.1, 0.15) is 0 Å². The summed E-state index contributed by atoms with van der Waals surface area (Å²) in [7, 11) is 0. The predicted molar refractivity (Wildman–Crippen MR) is 85.6 cm³/mol. The third kappa shape index (κ3) is 2.17. The molecule has 0 saturated heterocycles. The number of halogens is 2. The molecule has 96 valence electrons. The number of fused-ring (bicyclic) bond motifs is 1. The van der Waals surface area contributed by atoms with Crippen molar-refractivity contribution in [3.8, 4) is 5.69 Å². The average Bonchev–Trinajstić information content (AvgIpc) is 2.65. The van der Waals surface area contributed by atoms with E-state index in [4.69, 9.17) is 5.73 Å². The molecule has 0 unspecified atom stereocenters. The number of nitrogen functional groups attached to an aromatic ring is 1. The molecule has 3 aromatic rings. The van der Waals surface area contributed by atoms with Crippen molar-refractivity contribution >= 4 is 48.8 Å². The maximum Gasteiger partial charge on any atom is 0.205 e. The van der Waals surface area contributed by atoms with Crippen LogP contribution >= 0.6 is 31.9 Å². The maximum absolute atomic E-state index is 6.07. The zero-order chi connectivity index (χ0) is 13.6. The number of aromatic nitrogens is 2. The highest BCUT2D eigenvalue weighted by Gasteiger charge is 2.12. The molecule has 1 aromatic heterocycles. The van der Waals surface area contributed by atoms with Gasteiger partial charge >= 0.3 is 0 Å². The Bertz CT molecular complexity index is 778. The number of rotatable bonds is 1. The van der Waals surface area contributed by atoms with E-state index in [1.807, 2.05) is 34.9 Å². The molecule has 2 aromatic carbocycles. The summed E-state index contributed by atoms with van der Waals surface area (Å²) in [4.78, 5) is 4.40. The molecule has 0 saturated carbocycles. The Kier molecular flexibility index (Phi) is 3.11. The van der Waals surface area contributed by atoms with Crippen molar-refractivity contribution in [1.29, 1.82) is 0 Å². The van der Waals surface area contributed by atoms with Gasteiger partial charge in [-0.15, -0.1) is 0 Å². The fraction of sp³-hybridized carbons (Fsp3) is 0.0714. The van der Waals surface area contributed by atoms with E-state index in [1.165, 1.54) is 0 Å². The number of benzene rings is 2. The fourth-order valence-corrected chi connectivity index (χ4v) is 3.01. The first kappa shape index (κ1) is 12.7. The van der Waals surface area contributed by atoms with Crippen LogP contribution in [0.25, 0.3) is 16.7 Å². The Morgan fingerprint density at radius 3 is 2.47 bits per heavy atom. The number of aryl methyl sites for hydroxylation is 1. The van der Waals surface area contributed by atoms with Crippen LogP contribution in [0.15, 0.2) is 45.3 Å². The van der Waals surface area contributed by atoms with Gasteiger partial charge in [0.15, 0.2) is 0 Å². The topological polar surface area (TPSA) is 43.8 Å². The maximum atomic E-state index is 6.07. The Hall–Kier alpha value is -1.33. The van der Waals surface area contributed by atoms with Gasteiger partial charge in [-0.2, -0.15) is 0 Å². The van der Waals surface area contributed by atoms with Gasteiger partial charge in [0.25, 0.3) is 0 Å². The number of hydrogen-bond acceptors (Lipinski definition) is 2. The van der Waals surface area contributed by atoms with Crippen LogP contribution in [-0.2, 0) is 0 Å². The van der Waals surface area contributed by atoms with Crippen molar-refractivity contribution in [1.82, 2.24) is 9.55 Å². The molecule has 2 N–H and O–H groups in total. The summed E-state index contributed by atoms with van der Waals surface area (Å²) in [6, 6.07) is 12.1. The molecule has 0 atom stereocenters. The highest BCUT2D eigenvalue weighted by molar-refractivity contribution is 9.10. The van der Waals surface area contributed by atoms with E-state index >= 15 is 0 Å². The molecule has 19 heavy (non-hydrogen) atoms. The number of hydrogen-bond donors (Lipinski definition) is 1. The number of nitrogens with two attached hydrogens (primary N) is 1. The Morgan fingerprint density at radius 2 is 1.74 bits per heavy atom.